The van der Waals surface area contributed by atoms with Gasteiger partial charge in [-0.05, 0) is 49.1 Å². The van der Waals surface area contributed by atoms with Crippen molar-refractivity contribution in [1.82, 2.24) is 9.88 Å². The van der Waals surface area contributed by atoms with Crippen LogP contribution in [0.15, 0.2) is 41.1 Å². The van der Waals surface area contributed by atoms with E-state index in [4.69, 9.17) is 4.42 Å². The van der Waals surface area contributed by atoms with Crippen molar-refractivity contribution in [3.8, 4) is 0 Å². The summed E-state index contributed by atoms with van der Waals surface area (Å²) in [5.41, 5.74) is 1.16. The molecule has 3 heterocycles. The van der Waals surface area contributed by atoms with Crippen LogP contribution in [0.4, 0.5) is 0 Å². The highest BCUT2D eigenvalue weighted by molar-refractivity contribution is 5.77. The fourth-order valence-corrected chi connectivity index (χ4v) is 3.41. The topological polar surface area (TPSA) is 46.3 Å². The molecule has 1 aliphatic rings. The van der Waals surface area contributed by atoms with Crippen molar-refractivity contribution in [2.45, 2.75) is 57.9 Å². The fourth-order valence-electron chi connectivity index (χ4n) is 3.41. The van der Waals surface area contributed by atoms with E-state index in [1.807, 2.05) is 23.1 Å². The van der Waals surface area contributed by atoms with E-state index in [9.17, 15) is 4.79 Å². The second-order valence-corrected chi connectivity index (χ2v) is 6.47. The van der Waals surface area contributed by atoms with E-state index >= 15 is 0 Å². The molecule has 1 atom stereocenters. The van der Waals surface area contributed by atoms with Crippen LogP contribution in [0.5, 0.6) is 0 Å². The molecule has 1 saturated heterocycles. The van der Waals surface area contributed by atoms with Gasteiger partial charge in [0.25, 0.3) is 0 Å². The van der Waals surface area contributed by atoms with Gasteiger partial charge in [0.05, 0.1) is 6.04 Å². The van der Waals surface area contributed by atoms with Crippen molar-refractivity contribution in [1.29, 1.82) is 0 Å². The summed E-state index contributed by atoms with van der Waals surface area (Å²) in [7, 11) is 0. The van der Waals surface area contributed by atoms with E-state index in [0.717, 1.165) is 55.7 Å². The maximum Gasteiger partial charge on any atom is 0.223 e. The normalized spacial score (nSPS) is 18.4. The molecule has 0 bridgehead atoms. The van der Waals surface area contributed by atoms with Crippen molar-refractivity contribution < 1.29 is 9.21 Å². The summed E-state index contributed by atoms with van der Waals surface area (Å²) in [5.74, 6) is 2.18. The number of carbonyl (C=O) groups is 1. The number of hydrogen-bond acceptors (Lipinski definition) is 3. The number of furan rings is 1. The number of aromatic nitrogens is 1. The highest BCUT2D eigenvalue weighted by atomic mass is 16.3. The van der Waals surface area contributed by atoms with Crippen LogP contribution in [0.25, 0.3) is 0 Å². The highest BCUT2D eigenvalue weighted by Gasteiger charge is 2.28. The summed E-state index contributed by atoms with van der Waals surface area (Å²) in [6.07, 6.45) is 10.2. The lowest BCUT2D eigenvalue weighted by Crippen LogP contribution is -2.34. The average Bonchev–Trinajstić information content (AvgIpc) is 2.97. The first kappa shape index (κ1) is 16.7. The monoisotopic (exact) mass is 326 g/mol. The number of nitrogens with zero attached hydrogens (tertiary/aromatic N) is 2. The summed E-state index contributed by atoms with van der Waals surface area (Å²) in [6.45, 7) is 2.93. The third-order valence-corrected chi connectivity index (χ3v) is 4.81. The third kappa shape index (κ3) is 4.05. The molecule has 0 aromatic carbocycles. The maximum absolute atomic E-state index is 12.9. The molecule has 0 unspecified atom stereocenters. The maximum atomic E-state index is 12.9. The number of amides is 1. The van der Waals surface area contributed by atoms with Gasteiger partial charge >= 0.3 is 0 Å². The van der Waals surface area contributed by atoms with Crippen LogP contribution in [-0.4, -0.2) is 22.3 Å². The number of hydrogen-bond donors (Lipinski definition) is 0. The second kappa shape index (κ2) is 8.13. The lowest BCUT2D eigenvalue weighted by molar-refractivity contribution is -0.134. The Bertz CT molecular complexity index is 651. The number of rotatable bonds is 5. The third-order valence-electron chi connectivity index (χ3n) is 4.81. The van der Waals surface area contributed by atoms with Crippen molar-refractivity contribution in [3.63, 3.8) is 0 Å². The lowest BCUT2D eigenvalue weighted by Gasteiger charge is -2.29. The minimum atomic E-state index is 0.0951. The number of carbonyl (C=O) groups excluding carboxylic acids is 1. The molecule has 4 nitrogen and oxygen atoms in total. The van der Waals surface area contributed by atoms with Crippen LogP contribution in [-0.2, 0) is 17.6 Å². The minimum Gasteiger partial charge on any atom is -0.464 e. The summed E-state index contributed by atoms with van der Waals surface area (Å²) >= 11 is 0. The Morgan fingerprint density at radius 2 is 2.04 bits per heavy atom. The predicted molar refractivity (Wildman–Crippen MR) is 93.6 cm³/mol. The van der Waals surface area contributed by atoms with Gasteiger partial charge in [0.2, 0.25) is 5.91 Å². The molecule has 2 aromatic rings. The first-order chi connectivity index (χ1) is 11.8. The van der Waals surface area contributed by atoms with Gasteiger partial charge in [0.1, 0.15) is 11.5 Å². The Morgan fingerprint density at radius 1 is 1.21 bits per heavy atom. The van der Waals surface area contributed by atoms with Gasteiger partial charge in [0, 0.05) is 31.8 Å². The SMILES string of the molecule is CCc1ccc([C@H]2CCCCCN2C(=O)CCc2ccncc2)o1. The molecule has 24 heavy (non-hydrogen) atoms. The highest BCUT2D eigenvalue weighted by Crippen LogP contribution is 2.32. The number of likely N-dealkylation sites (tertiary alicyclic amines) is 1. The van der Waals surface area contributed by atoms with E-state index in [1.165, 1.54) is 6.42 Å². The standard InChI is InChI=1S/C20H26N2O2/c1-2-17-8-9-19(24-17)18-6-4-3-5-15-22(18)20(23)10-7-16-11-13-21-14-12-16/h8-9,11-14,18H,2-7,10,15H2,1H3/t18-/m1/s1. The first-order valence-electron chi connectivity index (χ1n) is 9.05. The smallest absolute Gasteiger partial charge is 0.223 e. The van der Waals surface area contributed by atoms with Crippen LogP contribution in [0.1, 0.15) is 62.2 Å². The molecular weight excluding hydrogens is 300 g/mol. The molecule has 0 saturated carbocycles. The Balaban J connectivity index is 1.70. The molecule has 0 radical (unpaired) electrons. The van der Waals surface area contributed by atoms with Gasteiger partial charge in [-0.3, -0.25) is 9.78 Å². The van der Waals surface area contributed by atoms with Gasteiger partial charge in [-0.1, -0.05) is 19.8 Å². The Hall–Kier alpha value is -2.10. The van der Waals surface area contributed by atoms with E-state index in [1.54, 1.807) is 12.4 Å². The first-order valence-corrected chi connectivity index (χ1v) is 9.05. The van der Waals surface area contributed by atoms with Gasteiger partial charge < -0.3 is 9.32 Å². The fraction of sp³-hybridized carbons (Fsp3) is 0.500. The van der Waals surface area contributed by atoms with Gasteiger partial charge in [-0.25, -0.2) is 0 Å². The number of aryl methyl sites for hydroxylation is 2. The van der Waals surface area contributed by atoms with E-state index in [2.05, 4.69) is 18.0 Å². The molecule has 0 N–H and O–H groups in total. The molecule has 1 fully saturated rings. The van der Waals surface area contributed by atoms with E-state index in [0.29, 0.717) is 6.42 Å². The lowest BCUT2D eigenvalue weighted by atomic mass is 10.1. The molecular formula is C20H26N2O2. The van der Waals surface area contributed by atoms with Crippen LogP contribution in [0, 0.1) is 0 Å². The van der Waals surface area contributed by atoms with Crippen LogP contribution in [0.2, 0.25) is 0 Å². The molecule has 3 rings (SSSR count). The summed E-state index contributed by atoms with van der Waals surface area (Å²) in [5, 5.41) is 0. The largest absolute Gasteiger partial charge is 0.464 e. The minimum absolute atomic E-state index is 0.0951. The molecule has 1 amide bonds. The summed E-state index contributed by atoms with van der Waals surface area (Å²) < 4.78 is 5.97. The Kier molecular flexibility index (Phi) is 5.68. The van der Waals surface area contributed by atoms with Crippen molar-refractivity contribution in [2.24, 2.45) is 0 Å². The molecule has 128 valence electrons. The van der Waals surface area contributed by atoms with Crippen LogP contribution in [0.3, 0.4) is 0 Å². The molecule has 1 aliphatic heterocycles. The van der Waals surface area contributed by atoms with Crippen LogP contribution >= 0.6 is 0 Å². The quantitative estimate of drug-likeness (QED) is 0.822. The average molecular weight is 326 g/mol. The molecule has 4 heteroatoms. The van der Waals surface area contributed by atoms with Gasteiger partial charge in [-0.15, -0.1) is 0 Å². The second-order valence-electron chi connectivity index (χ2n) is 6.47. The Labute approximate surface area is 143 Å². The van der Waals surface area contributed by atoms with E-state index in [-0.39, 0.29) is 11.9 Å². The predicted octanol–water partition coefficient (Wildman–Crippen LogP) is 4.31. The van der Waals surface area contributed by atoms with Gasteiger partial charge in [-0.2, -0.15) is 0 Å². The molecule has 0 aliphatic carbocycles. The molecule has 2 aromatic heterocycles. The zero-order valence-electron chi connectivity index (χ0n) is 14.4. The zero-order chi connectivity index (χ0) is 16.8. The summed E-state index contributed by atoms with van der Waals surface area (Å²) in [6, 6.07) is 8.15. The van der Waals surface area contributed by atoms with Crippen LogP contribution < -0.4 is 0 Å². The zero-order valence-corrected chi connectivity index (χ0v) is 14.4. The number of pyridine rings is 1. The Morgan fingerprint density at radius 3 is 2.79 bits per heavy atom. The summed E-state index contributed by atoms with van der Waals surface area (Å²) in [4.78, 5) is 18.9. The van der Waals surface area contributed by atoms with Crippen molar-refractivity contribution >= 4 is 5.91 Å². The van der Waals surface area contributed by atoms with E-state index < -0.39 is 0 Å². The van der Waals surface area contributed by atoms with Crippen molar-refractivity contribution in [3.05, 3.63) is 53.7 Å². The van der Waals surface area contributed by atoms with Gasteiger partial charge in [0.15, 0.2) is 0 Å². The van der Waals surface area contributed by atoms with Crippen molar-refractivity contribution in [2.75, 3.05) is 6.54 Å². The molecule has 0 spiro atoms.